The Bertz CT molecular complexity index is 1810. The number of hydrogen-bond donors (Lipinski definition) is 2. The molecule has 1 aromatic carbocycles. The molecule has 2 aliphatic heterocycles. The monoisotopic (exact) mass is 512 g/mol. The molecule has 6 rings (SSSR count). The molecule has 2 N–H and O–H groups in total. The molecule has 0 unspecified atom stereocenters. The first kappa shape index (κ1) is 25.1. The molecule has 4 aromatic rings. The normalized spacial score (nSPS) is 13.6. The largest absolute Gasteiger partial charge is 0.355 e. The zero-order valence-corrected chi connectivity index (χ0v) is 24.4. The molecule has 0 saturated carbocycles. The fourth-order valence-electron chi connectivity index (χ4n) is 5.66. The smallest absolute Gasteiger partial charge is 0.0769 e. The average molecular weight is 513 g/mol. The molecule has 39 heavy (non-hydrogen) atoms. The predicted octanol–water partition coefficient (Wildman–Crippen LogP) is 9.43. The minimum atomic E-state index is 0.997. The van der Waals surface area contributed by atoms with E-state index in [9.17, 15) is 0 Å². The van der Waals surface area contributed by atoms with Gasteiger partial charge in [-0.1, -0.05) is 29.8 Å². The standard InChI is InChI=1S/C35H36N4/c1-17-10-12-26(13-11-17)33-34-24(8)22(6)31(38-34)15-29-20(4)18(2)27(36-29)14-28-19(3)21(5)30(37-28)16-32-23(7)25(9)35(33)39-32/h10-16,36-37H,1-9H3. The van der Waals surface area contributed by atoms with Crippen molar-refractivity contribution >= 4 is 44.4 Å². The van der Waals surface area contributed by atoms with E-state index in [0.29, 0.717) is 0 Å². The van der Waals surface area contributed by atoms with Gasteiger partial charge in [0.2, 0.25) is 0 Å². The van der Waals surface area contributed by atoms with Gasteiger partial charge in [0.1, 0.15) is 0 Å². The van der Waals surface area contributed by atoms with Crippen LogP contribution in [0.1, 0.15) is 78.3 Å². The maximum atomic E-state index is 5.29. The van der Waals surface area contributed by atoms with Crippen molar-refractivity contribution in [1.82, 2.24) is 19.9 Å². The van der Waals surface area contributed by atoms with Gasteiger partial charge < -0.3 is 9.97 Å². The lowest BCUT2D eigenvalue weighted by Gasteiger charge is -2.10. The van der Waals surface area contributed by atoms with Crippen LogP contribution in [0.2, 0.25) is 0 Å². The first-order valence-electron chi connectivity index (χ1n) is 13.7. The maximum absolute atomic E-state index is 5.29. The molecule has 0 radical (unpaired) electrons. The Labute approximate surface area is 230 Å². The SMILES string of the molecule is CC1=C(C)c2nc1cc1[nH]c(cc3[nH]c(cc4nc(c2-c2ccc(C)cc2)C(C)=C4C)c(C)c3C)c(C)c1C. The van der Waals surface area contributed by atoms with Crippen molar-refractivity contribution in [1.29, 1.82) is 0 Å². The third-order valence-corrected chi connectivity index (χ3v) is 9.01. The zero-order chi connectivity index (χ0) is 27.7. The summed E-state index contributed by atoms with van der Waals surface area (Å²) in [5, 5.41) is 0. The van der Waals surface area contributed by atoms with Gasteiger partial charge in [0.25, 0.3) is 0 Å². The summed E-state index contributed by atoms with van der Waals surface area (Å²) in [6.07, 6.45) is 0. The lowest BCUT2D eigenvalue weighted by molar-refractivity contribution is 1.25. The summed E-state index contributed by atoms with van der Waals surface area (Å²) in [5.41, 5.74) is 21.7. The number of nitrogens with zero attached hydrogens (tertiary/aromatic N) is 2. The number of aryl methyl sites for hydroxylation is 5. The summed E-state index contributed by atoms with van der Waals surface area (Å²) in [7, 11) is 0. The van der Waals surface area contributed by atoms with E-state index in [4.69, 9.17) is 9.97 Å². The Hall–Kier alpha value is -4.18. The summed E-state index contributed by atoms with van der Waals surface area (Å²) in [6.45, 7) is 19.6. The highest BCUT2D eigenvalue weighted by atomic mass is 14.8. The Morgan fingerprint density at radius 3 is 1.26 bits per heavy atom. The number of aromatic nitrogens is 4. The zero-order valence-electron chi connectivity index (χ0n) is 24.4. The number of allylic oxidation sites excluding steroid dienone is 4. The topological polar surface area (TPSA) is 57.4 Å². The van der Waals surface area contributed by atoms with Gasteiger partial charge in [0.05, 0.1) is 22.8 Å². The van der Waals surface area contributed by atoms with Crippen molar-refractivity contribution in [2.75, 3.05) is 0 Å². The van der Waals surface area contributed by atoms with Gasteiger partial charge in [-0.2, -0.15) is 0 Å². The number of hydrogen-bond acceptors (Lipinski definition) is 2. The minimum absolute atomic E-state index is 0.997. The van der Waals surface area contributed by atoms with Crippen LogP contribution in [0.4, 0.5) is 0 Å². The second-order valence-electron chi connectivity index (χ2n) is 11.3. The molecule has 0 saturated heterocycles. The summed E-state index contributed by atoms with van der Waals surface area (Å²) < 4.78 is 0. The second-order valence-corrected chi connectivity index (χ2v) is 11.3. The van der Waals surface area contributed by atoms with E-state index in [-0.39, 0.29) is 0 Å². The summed E-state index contributed by atoms with van der Waals surface area (Å²) in [6, 6.07) is 15.4. The maximum Gasteiger partial charge on any atom is 0.0769 e. The third kappa shape index (κ3) is 3.89. The van der Waals surface area contributed by atoms with Crippen LogP contribution >= 0.6 is 0 Å². The summed E-state index contributed by atoms with van der Waals surface area (Å²) >= 11 is 0. The summed E-state index contributed by atoms with van der Waals surface area (Å²) in [4.78, 5) is 18.0. The van der Waals surface area contributed by atoms with E-state index in [1.165, 1.54) is 50.1 Å². The van der Waals surface area contributed by atoms with Gasteiger partial charge in [-0.3, -0.25) is 0 Å². The average Bonchev–Trinajstić information content (AvgIpc) is 3.54. The highest BCUT2D eigenvalue weighted by Gasteiger charge is 2.24. The molecule has 5 heterocycles. The molecule has 0 fully saturated rings. The Kier molecular flexibility index (Phi) is 5.76. The molecule has 196 valence electrons. The van der Waals surface area contributed by atoms with Crippen LogP contribution in [0, 0.1) is 34.6 Å². The molecule has 4 nitrogen and oxygen atoms in total. The molecule has 0 amide bonds. The fraction of sp³-hybridized carbons (Fsp3) is 0.257. The number of nitrogens with one attached hydrogen (secondary N) is 2. The number of benzene rings is 1. The van der Waals surface area contributed by atoms with Crippen LogP contribution in [-0.2, 0) is 0 Å². The van der Waals surface area contributed by atoms with E-state index in [1.807, 2.05) is 0 Å². The van der Waals surface area contributed by atoms with Crippen LogP contribution in [0.15, 0.2) is 42.5 Å². The van der Waals surface area contributed by atoms with Gasteiger partial charge in [-0.05, 0) is 131 Å². The molecule has 0 aliphatic carbocycles. The van der Waals surface area contributed by atoms with Gasteiger partial charge in [-0.25, -0.2) is 9.97 Å². The molecule has 2 aliphatic rings. The fourth-order valence-corrected chi connectivity index (χ4v) is 5.66. The van der Waals surface area contributed by atoms with Gasteiger partial charge in [0.15, 0.2) is 0 Å². The Morgan fingerprint density at radius 1 is 0.462 bits per heavy atom. The van der Waals surface area contributed by atoms with Gasteiger partial charge in [0, 0.05) is 27.6 Å². The van der Waals surface area contributed by atoms with Crippen LogP contribution in [0.5, 0.6) is 0 Å². The van der Waals surface area contributed by atoms with E-state index < -0.39 is 0 Å². The van der Waals surface area contributed by atoms with E-state index in [0.717, 1.165) is 56.0 Å². The van der Waals surface area contributed by atoms with Crippen molar-refractivity contribution in [3.8, 4) is 11.1 Å². The molecular formula is C35H36N4. The number of fused-ring (bicyclic) bond motifs is 8. The number of rotatable bonds is 1. The number of aromatic amines is 2. The van der Waals surface area contributed by atoms with E-state index in [1.54, 1.807) is 0 Å². The highest BCUT2D eigenvalue weighted by molar-refractivity contribution is 6.01. The van der Waals surface area contributed by atoms with Gasteiger partial charge in [-0.15, -0.1) is 0 Å². The molecule has 0 spiro atoms. The van der Waals surface area contributed by atoms with Crippen molar-refractivity contribution in [2.45, 2.75) is 62.3 Å². The lowest BCUT2D eigenvalue weighted by Crippen LogP contribution is -1.93. The minimum Gasteiger partial charge on any atom is -0.355 e. The lowest BCUT2D eigenvalue weighted by atomic mass is 9.94. The van der Waals surface area contributed by atoms with Crippen LogP contribution < -0.4 is 0 Å². The first-order valence-corrected chi connectivity index (χ1v) is 13.7. The molecule has 8 bridgehead atoms. The van der Waals surface area contributed by atoms with Crippen molar-refractivity contribution in [3.63, 3.8) is 0 Å². The van der Waals surface area contributed by atoms with Crippen LogP contribution in [0.25, 0.3) is 55.5 Å². The van der Waals surface area contributed by atoms with Gasteiger partial charge >= 0.3 is 0 Å². The number of H-pyrrole nitrogens is 2. The van der Waals surface area contributed by atoms with Crippen molar-refractivity contribution in [3.05, 3.63) is 93.1 Å². The Morgan fingerprint density at radius 2 is 0.846 bits per heavy atom. The van der Waals surface area contributed by atoms with E-state index >= 15 is 0 Å². The van der Waals surface area contributed by atoms with Crippen molar-refractivity contribution < 1.29 is 0 Å². The molecule has 3 aromatic heterocycles. The predicted molar refractivity (Wildman–Crippen MR) is 166 cm³/mol. The quantitative estimate of drug-likeness (QED) is 0.267. The second kappa shape index (κ2) is 8.94. The molecule has 4 heteroatoms. The molecule has 0 atom stereocenters. The summed E-state index contributed by atoms with van der Waals surface area (Å²) in [5.74, 6) is 0. The van der Waals surface area contributed by atoms with Crippen molar-refractivity contribution in [2.24, 2.45) is 0 Å². The Balaban J connectivity index is 1.86. The first-order chi connectivity index (χ1) is 18.5. The van der Waals surface area contributed by atoms with Crippen LogP contribution in [0.3, 0.4) is 0 Å². The highest BCUT2D eigenvalue weighted by Crippen LogP contribution is 2.41. The van der Waals surface area contributed by atoms with Crippen LogP contribution in [-0.4, -0.2) is 19.9 Å². The third-order valence-electron chi connectivity index (χ3n) is 9.01. The van der Waals surface area contributed by atoms with E-state index in [2.05, 4.69) is 115 Å². The molecular weight excluding hydrogens is 476 g/mol.